The number of aromatic nitrogens is 2. The van der Waals surface area contributed by atoms with Crippen LogP contribution in [0, 0.1) is 19.8 Å². The molecule has 2 fully saturated rings. The van der Waals surface area contributed by atoms with Gasteiger partial charge >= 0.3 is 0 Å². The number of hydrogen-bond acceptors (Lipinski definition) is 6. The Morgan fingerprint density at radius 2 is 1.37 bits per heavy atom. The quantitative estimate of drug-likeness (QED) is 0.515. The van der Waals surface area contributed by atoms with Crippen LogP contribution in [0.15, 0.2) is 70.8 Å². The van der Waals surface area contributed by atoms with Crippen molar-refractivity contribution in [3.05, 3.63) is 72.1 Å². The lowest BCUT2D eigenvalue weighted by Crippen LogP contribution is -2.51. The third kappa shape index (κ3) is 5.61. The van der Waals surface area contributed by atoms with Crippen LogP contribution in [0.4, 0.5) is 11.5 Å². The average Bonchev–Trinajstić information content (AvgIpc) is 2.91. The van der Waals surface area contributed by atoms with Crippen LogP contribution < -0.4 is 9.80 Å². The van der Waals surface area contributed by atoms with Crippen molar-refractivity contribution in [2.45, 2.75) is 36.6 Å². The highest BCUT2D eigenvalue weighted by molar-refractivity contribution is 7.99. The number of carbonyl (C=O) groups excluding carboxylic acids is 1. The van der Waals surface area contributed by atoms with E-state index < -0.39 is 0 Å². The minimum Gasteiger partial charge on any atom is -0.368 e. The molecule has 182 valence electrons. The standard InChI is InChI=1S/C28H33N5OS/c1-21-3-7-24(8-4-21)31-17-19-33(20-18-31)28(34)23-11-15-32(16-12-23)26-27(30-14-13-29-26)35-25-9-5-22(2)6-10-25/h3-10,13-14,23H,11-12,15-20H2,1-2H3. The first kappa shape index (κ1) is 23.7. The van der Waals surface area contributed by atoms with Crippen molar-refractivity contribution in [3.8, 4) is 0 Å². The molecule has 2 saturated heterocycles. The van der Waals surface area contributed by atoms with E-state index in [1.807, 2.05) is 0 Å². The van der Waals surface area contributed by atoms with Crippen LogP contribution in [0.25, 0.3) is 0 Å². The van der Waals surface area contributed by atoms with Crippen molar-refractivity contribution < 1.29 is 4.79 Å². The number of piperazine rings is 1. The molecular weight excluding hydrogens is 454 g/mol. The van der Waals surface area contributed by atoms with E-state index in [9.17, 15) is 4.79 Å². The van der Waals surface area contributed by atoms with E-state index in [4.69, 9.17) is 0 Å². The molecule has 0 spiro atoms. The largest absolute Gasteiger partial charge is 0.368 e. The van der Waals surface area contributed by atoms with Crippen molar-refractivity contribution in [1.82, 2.24) is 14.9 Å². The Kier molecular flexibility index (Phi) is 7.23. The predicted molar refractivity (Wildman–Crippen MR) is 142 cm³/mol. The molecule has 5 rings (SSSR count). The maximum absolute atomic E-state index is 13.3. The molecule has 7 heteroatoms. The summed E-state index contributed by atoms with van der Waals surface area (Å²) in [4.78, 5) is 30.5. The molecule has 0 N–H and O–H groups in total. The van der Waals surface area contributed by atoms with Gasteiger partial charge in [-0.1, -0.05) is 47.2 Å². The van der Waals surface area contributed by atoms with Gasteiger partial charge in [-0.05, 0) is 51.0 Å². The number of nitrogens with zero attached hydrogens (tertiary/aromatic N) is 5. The first-order valence-corrected chi connectivity index (χ1v) is 13.3. The second-order valence-electron chi connectivity index (χ2n) is 9.51. The average molecular weight is 488 g/mol. The minimum atomic E-state index is 0.0991. The van der Waals surface area contributed by atoms with Gasteiger partial charge in [-0.15, -0.1) is 0 Å². The first-order valence-electron chi connectivity index (χ1n) is 12.5. The van der Waals surface area contributed by atoms with Gasteiger partial charge in [-0.3, -0.25) is 4.79 Å². The van der Waals surface area contributed by atoms with Crippen LogP contribution in [0.3, 0.4) is 0 Å². The van der Waals surface area contributed by atoms with Crippen molar-refractivity contribution in [2.24, 2.45) is 5.92 Å². The van der Waals surface area contributed by atoms with E-state index in [0.717, 1.165) is 67.8 Å². The highest BCUT2D eigenvalue weighted by atomic mass is 32.2. The fraction of sp³-hybridized carbons (Fsp3) is 0.393. The third-order valence-corrected chi connectivity index (χ3v) is 8.01. The summed E-state index contributed by atoms with van der Waals surface area (Å²) in [6.45, 7) is 9.26. The fourth-order valence-electron chi connectivity index (χ4n) is 4.86. The number of carbonyl (C=O) groups is 1. The Bertz CT molecular complexity index is 1130. The van der Waals surface area contributed by atoms with Gasteiger partial charge in [0.2, 0.25) is 5.91 Å². The number of benzene rings is 2. The Hall–Kier alpha value is -3.06. The van der Waals surface area contributed by atoms with Gasteiger partial charge < -0.3 is 14.7 Å². The molecule has 0 bridgehead atoms. The van der Waals surface area contributed by atoms with Crippen LogP contribution in [0.1, 0.15) is 24.0 Å². The maximum atomic E-state index is 13.3. The molecular formula is C28H33N5OS. The lowest BCUT2D eigenvalue weighted by molar-refractivity contribution is -0.136. The lowest BCUT2D eigenvalue weighted by Gasteiger charge is -2.39. The summed E-state index contributed by atoms with van der Waals surface area (Å²) >= 11 is 1.65. The predicted octanol–water partition coefficient (Wildman–Crippen LogP) is 4.81. The minimum absolute atomic E-state index is 0.0991. The van der Waals surface area contributed by atoms with Gasteiger partial charge in [0, 0.05) is 68.2 Å². The Labute approximate surface area is 212 Å². The molecule has 1 amide bonds. The molecule has 0 atom stereocenters. The van der Waals surface area contributed by atoms with E-state index in [-0.39, 0.29) is 5.92 Å². The third-order valence-electron chi connectivity index (χ3n) is 7.02. The molecule has 2 aromatic carbocycles. The van der Waals surface area contributed by atoms with Crippen LogP contribution in [-0.2, 0) is 4.79 Å². The van der Waals surface area contributed by atoms with Crippen molar-refractivity contribution in [1.29, 1.82) is 0 Å². The van der Waals surface area contributed by atoms with Crippen LogP contribution in [0.2, 0.25) is 0 Å². The summed E-state index contributed by atoms with van der Waals surface area (Å²) in [6.07, 6.45) is 5.25. The van der Waals surface area contributed by atoms with Gasteiger partial charge in [-0.2, -0.15) is 0 Å². The lowest BCUT2D eigenvalue weighted by atomic mass is 9.95. The monoisotopic (exact) mass is 487 g/mol. The zero-order valence-corrected chi connectivity index (χ0v) is 21.4. The molecule has 3 aromatic rings. The molecule has 0 saturated carbocycles. The van der Waals surface area contributed by atoms with E-state index >= 15 is 0 Å². The zero-order chi connectivity index (χ0) is 24.2. The van der Waals surface area contributed by atoms with Gasteiger partial charge in [0.1, 0.15) is 5.03 Å². The number of piperidine rings is 1. The van der Waals surface area contributed by atoms with Gasteiger partial charge in [0.15, 0.2) is 5.82 Å². The van der Waals surface area contributed by atoms with Gasteiger partial charge in [0.05, 0.1) is 0 Å². The van der Waals surface area contributed by atoms with Crippen LogP contribution in [-0.4, -0.2) is 60.0 Å². The van der Waals surface area contributed by atoms with Crippen molar-refractivity contribution >= 4 is 29.2 Å². The molecule has 6 nitrogen and oxygen atoms in total. The van der Waals surface area contributed by atoms with E-state index in [0.29, 0.717) is 5.91 Å². The zero-order valence-electron chi connectivity index (χ0n) is 20.6. The van der Waals surface area contributed by atoms with E-state index in [1.165, 1.54) is 16.8 Å². The van der Waals surface area contributed by atoms with Crippen molar-refractivity contribution in [2.75, 3.05) is 49.1 Å². The maximum Gasteiger partial charge on any atom is 0.225 e. The smallest absolute Gasteiger partial charge is 0.225 e. The van der Waals surface area contributed by atoms with Crippen LogP contribution in [0.5, 0.6) is 0 Å². The number of amides is 1. The second-order valence-corrected chi connectivity index (χ2v) is 10.6. The van der Waals surface area contributed by atoms with Crippen molar-refractivity contribution in [3.63, 3.8) is 0 Å². The summed E-state index contributed by atoms with van der Waals surface area (Å²) < 4.78 is 0. The number of anilines is 2. The fourth-order valence-corrected chi connectivity index (χ4v) is 5.74. The Balaban J connectivity index is 1.16. The molecule has 35 heavy (non-hydrogen) atoms. The van der Waals surface area contributed by atoms with E-state index in [1.54, 1.807) is 24.2 Å². The molecule has 0 aliphatic carbocycles. The summed E-state index contributed by atoms with van der Waals surface area (Å²) in [6, 6.07) is 17.2. The highest BCUT2D eigenvalue weighted by Crippen LogP contribution is 2.34. The molecule has 0 unspecified atom stereocenters. The topological polar surface area (TPSA) is 52.6 Å². The van der Waals surface area contributed by atoms with Crippen LogP contribution >= 0.6 is 11.8 Å². The molecule has 0 radical (unpaired) electrons. The Morgan fingerprint density at radius 1 is 0.771 bits per heavy atom. The number of hydrogen-bond donors (Lipinski definition) is 0. The summed E-state index contributed by atoms with van der Waals surface area (Å²) in [5.41, 5.74) is 3.77. The van der Waals surface area contributed by atoms with Gasteiger partial charge in [0.25, 0.3) is 0 Å². The number of rotatable bonds is 5. The first-order chi connectivity index (χ1) is 17.1. The number of aryl methyl sites for hydroxylation is 2. The molecule has 2 aliphatic rings. The highest BCUT2D eigenvalue weighted by Gasteiger charge is 2.31. The summed E-state index contributed by atoms with van der Waals surface area (Å²) in [5.74, 6) is 1.35. The van der Waals surface area contributed by atoms with E-state index in [2.05, 4.69) is 87.0 Å². The SMILES string of the molecule is Cc1ccc(Sc2nccnc2N2CCC(C(=O)N3CCN(c4ccc(C)cc4)CC3)CC2)cc1. The molecule has 2 aliphatic heterocycles. The molecule has 3 heterocycles. The Morgan fingerprint density at radius 3 is 2.03 bits per heavy atom. The normalized spacial score (nSPS) is 17.0. The summed E-state index contributed by atoms with van der Waals surface area (Å²) in [5, 5.41) is 0.924. The summed E-state index contributed by atoms with van der Waals surface area (Å²) in [7, 11) is 0. The second kappa shape index (κ2) is 10.7. The molecule has 1 aromatic heterocycles. The van der Waals surface area contributed by atoms with Gasteiger partial charge in [-0.25, -0.2) is 9.97 Å².